The van der Waals surface area contributed by atoms with Crippen LogP contribution < -0.4 is 16.6 Å². The van der Waals surface area contributed by atoms with Gasteiger partial charge in [0.15, 0.2) is 11.2 Å². The van der Waals surface area contributed by atoms with Gasteiger partial charge in [-0.05, 0) is 24.0 Å². The second-order valence-electron chi connectivity index (χ2n) is 6.99. The van der Waals surface area contributed by atoms with Crippen molar-refractivity contribution in [1.82, 2.24) is 18.7 Å². The van der Waals surface area contributed by atoms with Gasteiger partial charge in [0.1, 0.15) is 6.54 Å². The van der Waals surface area contributed by atoms with Crippen molar-refractivity contribution < 1.29 is 4.79 Å². The van der Waals surface area contributed by atoms with Crippen molar-refractivity contribution in [2.24, 2.45) is 14.1 Å². The summed E-state index contributed by atoms with van der Waals surface area (Å²) in [7, 11) is 2.95. The highest BCUT2D eigenvalue weighted by Gasteiger charge is 2.17. The predicted octanol–water partition coefficient (Wildman–Crippen LogP) is 1.50. The minimum Gasteiger partial charge on any atom is -0.324 e. The molecule has 0 aliphatic rings. The van der Waals surface area contributed by atoms with Crippen LogP contribution in [-0.2, 0) is 25.4 Å². The van der Waals surface area contributed by atoms with Crippen molar-refractivity contribution >= 4 is 22.8 Å². The molecule has 0 atom stereocenters. The van der Waals surface area contributed by atoms with Crippen molar-refractivity contribution in [2.75, 3.05) is 5.32 Å². The molecule has 8 nitrogen and oxygen atoms in total. The summed E-state index contributed by atoms with van der Waals surface area (Å²) in [5, 5.41) is 2.96. The van der Waals surface area contributed by atoms with E-state index in [4.69, 9.17) is 0 Å². The predicted molar refractivity (Wildman–Crippen MR) is 104 cm³/mol. The lowest BCUT2D eigenvalue weighted by atomic mass is 9.98. The number of rotatable bonds is 4. The molecule has 2 aromatic heterocycles. The van der Waals surface area contributed by atoms with Crippen LogP contribution in [0.15, 0.2) is 34.1 Å². The number of aromatic nitrogens is 4. The average molecular weight is 369 g/mol. The fourth-order valence-corrected chi connectivity index (χ4v) is 3.19. The number of nitrogens with zero attached hydrogens (tertiary/aromatic N) is 4. The summed E-state index contributed by atoms with van der Waals surface area (Å²) in [6, 6.07) is 5.90. The molecule has 0 unspecified atom stereocenters. The first kappa shape index (κ1) is 18.6. The number of imidazole rings is 1. The van der Waals surface area contributed by atoms with Crippen LogP contribution in [0.2, 0.25) is 0 Å². The second kappa shape index (κ2) is 6.86. The number of amides is 1. The molecule has 0 aliphatic carbocycles. The molecule has 1 N–H and O–H groups in total. The van der Waals surface area contributed by atoms with Crippen LogP contribution in [0.3, 0.4) is 0 Å². The number of aryl methyl sites for hydroxylation is 2. The number of carbonyl (C=O) groups is 1. The monoisotopic (exact) mass is 369 g/mol. The number of anilines is 1. The summed E-state index contributed by atoms with van der Waals surface area (Å²) < 4.78 is 3.78. The minimum atomic E-state index is -0.475. The van der Waals surface area contributed by atoms with Crippen molar-refractivity contribution in [2.45, 2.75) is 33.2 Å². The molecule has 3 rings (SSSR count). The zero-order valence-corrected chi connectivity index (χ0v) is 16.1. The highest BCUT2D eigenvalue weighted by atomic mass is 16.2. The summed E-state index contributed by atoms with van der Waals surface area (Å²) in [5.41, 5.74) is 2.38. The van der Waals surface area contributed by atoms with Crippen LogP contribution in [0.1, 0.15) is 30.9 Å². The van der Waals surface area contributed by atoms with Crippen molar-refractivity contribution in [1.29, 1.82) is 0 Å². The molecule has 2 heterocycles. The van der Waals surface area contributed by atoms with Gasteiger partial charge in [-0.3, -0.25) is 18.7 Å². The van der Waals surface area contributed by atoms with E-state index in [2.05, 4.69) is 24.1 Å². The maximum absolute atomic E-state index is 12.7. The number of hydrogen-bond donors (Lipinski definition) is 1. The molecule has 1 amide bonds. The number of hydrogen-bond acceptors (Lipinski definition) is 4. The molecule has 1 aromatic carbocycles. The average Bonchev–Trinajstić information content (AvgIpc) is 3.03. The van der Waals surface area contributed by atoms with Gasteiger partial charge in [-0.25, -0.2) is 9.78 Å². The third kappa shape index (κ3) is 3.18. The highest BCUT2D eigenvalue weighted by molar-refractivity contribution is 5.93. The molecule has 142 valence electrons. The van der Waals surface area contributed by atoms with Gasteiger partial charge in [-0.2, -0.15) is 0 Å². The van der Waals surface area contributed by atoms with Crippen molar-refractivity contribution in [3.8, 4) is 0 Å². The van der Waals surface area contributed by atoms with E-state index in [0.717, 1.165) is 21.4 Å². The maximum Gasteiger partial charge on any atom is 0.332 e. The van der Waals surface area contributed by atoms with E-state index in [1.807, 2.05) is 25.1 Å². The Hall–Kier alpha value is -3.16. The quantitative estimate of drug-likeness (QED) is 0.755. The summed E-state index contributed by atoms with van der Waals surface area (Å²) in [4.78, 5) is 41.3. The zero-order valence-electron chi connectivity index (χ0n) is 16.1. The topological polar surface area (TPSA) is 90.9 Å². The number of para-hydroxylation sites is 1. The molecule has 0 saturated heterocycles. The highest BCUT2D eigenvalue weighted by Crippen LogP contribution is 2.27. The van der Waals surface area contributed by atoms with E-state index >= 15 is 0 Å². The Morgan fingerprint density at radius 2 is 1.89 bits per heavy atom. The normalized spacial score (nSPS) is 11.3. The van der Waals surface area contributed by atoms with Crippen LogP contribution in [0, 0.1) is 6.92 Å². The van der Waals surface area contributed by atoms with Crippen LogP contribution in [0.4, 0.5) is 5.69 Å². The fourth-order valence-electron chi connectivity index (χ4n) is 3.19. The Morgan fingerprint density at radius 3 is 2.56 bits per heavy atom. The molecule has 0 fully saturated rings. The third-order valence-corrected chi connectivity index (χ3v) is 4.72. The third-order valence-electron chi connectivity index (χ3n) is 4.72. The van der Waals surface area contributed by atoms with Gasteiger partial charge < -0.3 is 9.88 Å². The van der Waals surface area contributed by atoms with E-state index in [0.29, 0.717) is 0 Å². The fraction of sp³-hybridized carbons (Fsp3) is 0.368. The minimum absolute atomic E-state index is 0.0736. The Bertz CT molecular complexity index is 1150. The zero-order chi connectivity index (χ0) is 19.9. The van der Waals surface area contributed by atoms with E-state index in [9.17, 15) is 14.4 Å². The lowest BCUT2D eigenvalue weighted by Gasteiger charge is -2.16. The SMILES string of the molecule is Cc1cccc(C(C)C)c1NC(=O)Cn1cnc2c1c(=O)n(C)c(=O)n2C. The molecule has 0 aliphatic heterocycles. The second-order valence-corrected chi connectivity index (χ2v) is 6.99. The van der Waals surface area contributed by atoms with Gasteiger partial charge in [0, 0.05) is 19.8 Å². The molecule has 27 heavy (non-hydrogen) atoms. The number of benzene rings is 1. The first-order chi connectivity index (χ1) is 12.7. The van der Waals surface area contributed by atoms with Crippen LogP contribution >= 0.6 is 0 Å². The molecule has 0 spiro atoms. The van der Waals surface area contributed by atoms with Gasteiger partial charge in [0.2, 0.25) is 5.91 Å². The number of fused-ring (bicyclic) bond motifs is 1. The lowest BCUT2D eigenvalue weighted by Crippen LogP contribution is -2.37. The van der Waals surface area contributed by atoms with Crippen molar-refractivity contribution in [3.05, 3.63) is 56.5 Å². The Kier molecular flexibility index (Phi) is 4.73. The maximum atomic E-state index is 12.7. The lowest BCUT2D eigenvalue weighted by molar-refractivity contribution is -0.116. The van der Waals surface area contributed by atoms with E-state index in [-0.39, 0.29) is 29.5 Å². The van der Waals surface area contributed by atoms with E-state index in [1.54, 1.807) is 7.05 Å². The molecule has 8 heteroatoms. The van der Waals surface area contributed by atoms with Crippen LogP contribution in [0.25, 0.3) is 11.2 Å². The van der Waals surface area contributed by atoms with Gasteiger partial charge in [-0.1, -0.05) is 32.0 Å². The smallest absolute Gasteiger partial charge is 0.324 e. The molecular weight excluding hydrogens is 346 g/mol. The summed E-state index contributed by atoms with van der Waals surface area (Å²) >= 11 is 0. The molecule has 0 saturated carbocycles. The van der Waals surface area contributed by atoms with E-state index < -0.39 is 11.2 Å². The van der Waals surface area contributed by atoms with Crippen LogP contribution in [-0.4, -0.2) is 24.6 Å². The Morgan fingerprint density at radius 1 is 1.19 bits per heavy atom. The first-order valence-corrected chi connectivity index (χ1v) is 8.72. The summed E-state index contributed by atoms with van der Waals surface area (Å²) in [6.07, 6.45) is 1.41. The Labute approximate surface area is 156 Å². The van der Waals surface area contributed by atoms with Gasteiger partial charge in [0.05, 0.1) is 6.33 Å². The number of carbonyl (C=O) groups excluding carboxylic acids is 1. The molecule has 3 aromatic rings. The molecule has 0 radical (unpaired) electrons. The largest absolute Gasteiger partial charge is 0.332 e. The number of nitrogens with one attached hydrogen (secondary N) is 1. The van der Waals surface area contributed by atoms with E-state index in [1.165, 1.54) is 22.5 Å². The Balaban J connectivity index is 1.97. The van der Waals surface area contributed by atoms with Gasteiger partial charge in [0.25, 0.3) is 5.56 Å². The first-order valence-electron chi connectivity index (χ1n) is 8.72. The molecule has 0 bridgehead atoms. The van der Waals surface area contributed by atoms with Gasteiger partial charge in [-0.15, -0.1) is 0 Å². The van der Waals surface area contributed by atoms with Crippen LogP contribution in [0.5, 0.6) is 0 Å². The van der Waals surface area contributed by atoms with Crippen molar-refractivity contribution in [3.63, 3.8) is 0 Å². The van der Waals surface area contributed by atoms with Gasteiger partial charge >= 0.3 is 5.69 Å². The molecular formula is C19H23N5O3. The standard InChI is InChI=1S/C19H23N5O3/c1-11(2)13-8-6-7-12(3)15(13)21-14(25)9-24-10-20-17-16(24)18(26)23(5)19(27)22(17)4/h6-8,10-11H,9H2,1-5H3,(H,21,25). The summed E-state index contributed by atoms with van der Waals surface area (Å²) in [6.45, 7) is 6.01. The summed E-state index contributed by atoms with van der Waals surface area (Å²) in [5.74, 6) is -0.00231.